The predicted molar refractivity (Wildman–Crippen MR) is 51.5 cm³/mol. The van der Waals surface area contributed by atoms with Crippen molar-refractivity contribution in [2.75, 3.05) is 6.54 Å². The van der Waals surface area contributed by atoms with Gasteiger partial charge in [0, 0.05) is 5.02 Å². The van der Waals surface area contributed by atoms with Crippen LogP contribution in [-0.2, 0) is 0 Å². The number of hydrogen-bond donors (Lipinski definition) is 0. The molecule has 0 fully saturated rings. The highest BCUT2D eigenvalue weighted by atomic mass is 35.5. The summed E-state index contributed by atoms with van der Waals surface area (Å²) in [5.74, 6) is 0. The monoisotopic (exact) mass is 199 g/mol. The Morgan fingerprint density at radius 1 is 1.33 bits per heavy atom. The third-order valence-corrected chi connectivity index (χ3v) is 2.13. The normalized spacial score (nSPS) is 12.1. The third-order valence-electron chi connectivity index (χ3n) is 1.48. The van der Waals surface area contributed by atoms with Crippen molar-refractivity contribution in [2.45, 2.75) is 5.38 Å². The summed E-state index contributed by atoms with van der Waals surface area (Å²) < 4.78 is 0. The van der Waals surface area contributed by atoms with Gasteiger partial charge in [0.25, 0.3) is 0 Å². The Bertz CT molecular complexity index is 286. The fraction of sp³-hybridized carbons (Fsp3) is 0.222. The van der Waals surface area contributed by atoms with Crippen molar-refractivity contribution in [3.05, 3.63) is 46.3 Å². The highest BCUT2D eigenvalue weighted by Crippen LogP contribution is 2.22. The first-order chi connectivity index (χ1) is 5.74. The van der Waals surface area contributed by atoms with Gasteiger partial charge in [0.05, 0.1) is 0 Å². The Hall–Kier alpha value is -0.710. The lowest BCUT2D eigenvalue weighted by molar-refractivity contribution is 1.03. The molecule has 0 bridgehead atoms. The van der Waals surface area contributed by atoms with Gasteiger partial charge in [-0.3, -0.25) is 0 Å². The Morgan fingerprint density at radius 2 is 1.92 bits per heavy atom. The molecule has 1 aromatic carbocycles. The lowest BCUT2D eigenvalue weighted by Gasteiger charge is -2.01. The molecular weight excluding hydrogens is 193 g/mol. The molecule has 0 aliphatic rings. The van der Waals surface area contributed by atoms with Crippen LogP contribution in [0.3, 0.4) is 0 Å². The molecule has 12 heavy (non-hydrogen) atoms. The second-order valence-corrected chi connectivity index (χ2v) is 3.32. The van der Waals surface area contributed by atoms with Crippen molar-refractivity contribution < 1.29 is 0 Å². The molecule has 0 amide bonds. The zero-order valence-corrected chi connectivity index (χ0v) is 7.81. The van der Waals surface area contributed by atoms with Gasteiger partial charge in [-0.1, -0.05) is 23.7 Å². The summed E-state index contributed by atoms with van der Waals surface area (Å²) in [4.78, 5) is 3.22. The summed E-state index contributed by atoms with van der Waals surface area (Å²) in [6.45, 7) is 6.95. The Labute approximate surface area is 81.7 Å². The molecule has 1 aromatic rings. The minimum atomic E-state index is -0.222. The van der Waals surface area contributed by atoms with E-state index in [0.717, 1.165) is 5.56 Å². The number of rotatable bonds is 2. The van der Waals surface area contributed by atoms with E-state index in [1.54, 1.807) is 12.1 Å². The molecule has 0 aliphatic carbocycles. The molecule has 0 saturated carbocycles. The zero-order valence-electron chi connectivity index (χ0n) is 6.30. The van der Waals surface area contributed by atoms with Gasteiger partial charge in [-0.05, 0) is 17.7 Å². The molecule has 0 heterocycles. The minimum absolute atomic E-state index is 0.222. The first-order valence-corrected chi connectivity index (χ1v) is 4.28. The number of benzene rings is 1. The average molecular weight is 200 g/mol. The van der Waals surface area contributed by atoms with Crippen LogP contribution in [0.15, 0.2) is 24.3 Å². The van der Waals surface area contributed by atoms with E-state index in [1.165, 1.54) is 0 Å². The highest BCUT2D eigenvalue weighted by Gasteiger charge is 2.09. The Morgan fingerprint density at radius 3 is 2.42 bits per heavy atom. The van der Waals surface area contributed by atoms with E-state index < -0.39 is 0 Å². The van der Waals surface area contributed by atoms with E-state index >= 15 is 0 Å². The molecule has 0 aromatic heterocycles. The average Bonchev–Trinajstić information content (AvgIpc) is 2.06. The Kier molecular flexibility index (Phi) is 3.40. The second-order valence-electron chi connectivity index (χ2n) is 2.36. The summed E-state index contributed by atoms with van der Waals surface area (Å²) in [5, 5.41) is 0.463. The molecule has 1 rings (SSSR count). The maximum absolute atomic E-state index is 6.64. The number of nitrogens with zero attached hydrogens (tertiary/aromatic N) is 1. The number of alkyl halides is 1. The van der Waals surface area contributed by atoms with Gasteiger partial charge in [-0.15, -0.1) is 11.6 Å². The molecule has 3 heteroatoms. The maximum Gasteiger partial charge on any atom is 0.234 e. The van der Waals surface area contributed by atoms with Crippen molar-refractivity contribution in [2.24, 2.45) is 0 Å². The lowest BCUT2D eigenvalue weighted by atomic mass is 10.1. The van der Waals surface area contributed by atoms with E-state index in [-0.39, 0.29) is 5.38 Å². The highest BCUT2D eigenvalue weighted by molar-refractivity contribution is 6.30. The summed E-state index contributed by atoms with van der Waals surface area (Å²) in [6.07, 6.45) is 0. The molecule has 1 unspecified atom stereocenters. The molecule has 0 N–H and O–H groups in total. The molecule has 1 atom stereocenters. The van der Waals surface area contributed by atoms with Gasteiger partial charge < -0.3 is 4.85 Å². The van der Waals surface area contributed by atoms with Gasteiger partial charge in [-0.2, -0.15) is 0 Å². The van der Waals surface area contributed by atoms with Gasteiger partial charge in [0.1, 0.15) is 5.38 Å². The first-order valence-electron chi connectivity index (χ1n) is 3.47. The van der Waals surface area contributed by atoms with Gasteiger partial charge in [0.15, 0.2) is 0 Å². The molecule has 0 saturated heterocycles. The van der Waals surface area contributed by atoms with Crippen LogP contribution < -0.4 is 0 Å². The third kappa shape index (κ3) is 2.41. The van der Waals surface area contributed by atoms with Crippen LogP contribution in [0.2, 0.25) is 5.02 Å². The molecular formula is C9H7Cl2N. The summed E-state index contributed by atoms with van der Waals surface area (Å²) >= 11 is 11.6. The molecule has 62 valence electrons. The van der Waals surface area contributed by atoms with Gasteiger partial charge >= 0.3 is 0 Å². The summed E-state index contributed by atoms with van der Waals surface area (Å²) in [5.41, 5.74) is 0.942. The second kappa shape index (κ2) is 4.35. The summed E-state index contributed by atoms with van der Waals surface area (Å²) in [7, 11) is 0. The van der Waals surface area contributed by atoms with Crippen molar-refractivity contribution in [3.8, 4) is 0 Å². The quantitative estimate of drug-likeness (QED) is 0.508. The number of hydrogen-bond acceptors (Lipinski definition) is 0. The van der Waals surface area contributed by atoms with Crippen molar-refractivity contribution in [1.82, 2.24) is 0 Å². The largest absolute Gasteiger partial charge is 0.315 e. The van der Waals surface area contributed by atoms with E-state index in [4.69, 9.17) is 29.8 Å². The van der Waals surface area contributed by atoms with Crippen LogP contribution in [0, 0.1) is 6.57 Å². The van der Waals surface area contributed by atoms with E-state index in [1.807, 2.05) is 12.1 Å². The van der Waals surface area contributed by atoms with E-state index in [0.29, 0.717) is 11.6 Å². The Balaban J connectivity index is 2.76. The zero-order chi connectivity index (χ0) is 8.97. The topological polar surface area (TPSA) is 4.36 Å². The minimum Gasteiger partial charge on any atom is -0.315 e. The summed E-state index contributed by atoms with van der Waals surface area (Å²) in [6, 6.07) is 7.22. The van der Waals surface area contributed by atoms with E-state index in [2.05, 4.69) is 4.85 Å². The van der Waals surface area contributed by atoms with Crippen LogP contribution in [0.25, 0.3) is 4.85 Å². The molecule has 0 spiro atoms. The van der Waals surface area contributed by atoms with Crippen LogP contribution >= 0.6 is 23.2 Å². The van der Waals surface area contributed by atoms with Crippen molar-refractivity contribution in [3.63, 3.8) is 0 Å². The molecule has 0 radical (unpaired) electrons. The predicted octanol–water partition coefficient (Wildman–Crippen LogP) is 3.54. The van der Waals surface area contributed by atoms with Crippen LogP contribution in [0.4, 0.5) is 0 Å². The number of halogens is 2. The van der Waals surface area contributed by atoms with Crippen LogP contribution in [-0.4, -0.2) is 6.54 Å². The van der Waals surface area contributed by atoms with Crippen molar-refractivity contribution in [1.29, 1.82) is 0 Å². The maximum atomic E-state index is 6.64. The van der Waals surface area contributed by atoms with E-state index in [9.17, 15) is 0 Å². The smallest absolute Gasteiger partial charge is 0.234 e. The fourth-order valence-corrected chi connectivity index (χ4v) is 1.20. The van der Waals surface area contributed by atoms with Crippen LogP contribution in [0.5, 0.6) is 0 Å². The SMILES string of the molecule is [C-]#[N+]CC(Cl)c1ccc(Cl)cc1. The molecule has 1 nitrogen and oxygen atoms in total. The fourth-order valence-electron chi connectivity index (χ4n) is 0.857. The van der Waals surface area contributed by atoms with Gasteiger partial charge in [-0.25, -0.2) is 6.57 Å². The first kappa shape index (κ1) is 9.38. The van der Waals surface area contributed by atoms with Gasteiger partial charge in [0.2, 0.25) is 6.54 Å². The standard InChI is InChI=1S/C9H7Cl2N/c1-12-6-9(11)7-2-4-8(10)5-3-7/h2-5,9H,6H2. The van der Waals surface area contributed by atoms with Crippen molar-refractivity contribution >= 4 is 23.2 Å². The van der Waals surface area contributed by atoms with Crippen LogP contribution in [0.1, 0.15) is 10.9 Å². The molecule has 0 aliphatic heterocycles. The lowest BCUT2D eigenvalue weighted by Crippen LogP contribution is -1.91.